The topological polar surface area (TPSA) is 424 Å². The van der Waals surface area contributed by atoms with Gasteiger partial charge in [0.1, 0.15) is 18.1 Å². The zero-order valence-electron chi connectivity index (χ0n) is 34.6. The van der Waals surface area contributed by atoms with E-state index in [1.807, 2.05) is 0 Å². The molecule has 0 saturated carbocycles. The second-order valence-corrected chi connectivity index (χ2v) is 14.5. The molecule has 0 bridgehead atoms. The van der Waals surface area contributed by atoms with E-state index in [0.29, 0.717) is 17.7 Å². The van der Waals surface area contributed by atoms with Crippen molar-refractivity contribution in [2.24, 2.45) is 28.3 Å². The van der Waals surface area contributed by atoms with Gasteiger partial charge in [0, 0.05) is 37.1 Å². The molecule has 64 heavy (non-hydrogen) atoms. The number of ketones is 2. The molecular formula is C39H50N12O13. The Morgan fingerprint density at radius 3 is 2.08 bits per heavy atom. The molecule has 14 N–H and O–H groups in total. The van der Waals surface area contributed by atoms with Gasteiger partial charge in [0.2, 0.25) is 17.8 Å². The zero-order valence-corrected chi connectivity index (χ0v) is 34.6. The van der Waals surface area contributed by atoms with Gasteiger partial charge < -0.3 is 58.6 Å². The van der Waals surface area contributed by atoms with Crippen LogP contribution in [0.1, 0.15) is 80.8 Å². The van der Waals surface area contributed by atoms with Crippen molar-refractivity contribution in [1.82, 2.24) is 35.9 Å². The number of nitrogen functional groups attached to an aromatic ring is 1. The Morgan fingerprint density at radius 1 is 0.844 bits per heavy atom. The molecule has 25 nitrogen and oxygen atoms in total. The predicted molar refractivity (Wildman–Crippen MR) is 225 cm³/mol. The number of Topliss-reactive ketones (excluding diaryl/α,β-unsaturated/α-hetero) is 2. The summed E-state index contributed by atoms with van der Waals surface area (Å²) >= 11 is 0. The number of aldehydes is 1. The third-order valence-corrected chi connectivity index (χ3v) is 9.51. The van der Waals surface area contributed by atoms with E-state index in [9.17, 15) is 63.3 Å². The second kappa shape index (κ2) is 24.5. The van der Waals surface area contributed by atoms with E-state index in [1.165, 1.54) is 30.5 Å². The van der Waals surface area contributed by atoms with Crippen LogP contribution in [-0.4, -0.2) is 119 Å². The average Bonchev–Trinajstić information content (AvgIpc) is 3.23. The number of aromatic amines is 1. The Balaban J connectivity index is 1.65. The van der Waals surface area contributed by atoms with Crippen LogP contribution in [0.3, 0.4) is 0 Å². The maximum atomic E-state index is 13.5. The highest BCUT2D eigenvalue weighted by molar-refractivity contribution is 5.98. The molecule has 5 atom stereocenters. The molecule has 1 aromatic carbocycles. The van der Waals surface area contributed by atoms with Crippen molar-refractivity contribution in [1.29, 1.82) is 0 Å². The van der Waals surface area contributed by atoms with Crippen molar-refractivity contribution in [3.05, 3.63) is 52.1 Å². The molecule has 0 aliphatic rings. The number of carboxylic acid groups (broad SMARTS) is 3. The number of guanidine groups is 1. The lowest BCUT2D eigenvalue weighted by atomic mass is 9.91. The van der Waals surface area contributed by atoms with Crippen LogP contribution >= 0.6 is 0 Å². The van der Waals surface area contributed by atoms with Crippen molar-refractivity contribution < 1.29 is 58.5 Å². The van der Waals surface area contributed by atoms with Crippen LogP contribution in [0.2, 0.25) is 0 Å². The Bertz CT molecular complexity index is 2300. The lowest BCUT2D eigenvalue weighted by Crippen LogP contribution is -2.47. The fraction of sp³-hybridized carbons (Fsp3) is 0.436. The van der Waals surface area contributed by atoms with Crippen LogP contribution in [0.4, 0.5) is 11.6 Å². The van der Waals surface area contributed by atoms with E-state index >= 15 is 0 Å². The van der Waals surface area contributed by atoms with Gasteiger partial charge in [0.15, 0.2) is 22.9 Å². The van der Waals surface area contributed by atoms with Crippen molar-refractivity contribution >= 4 is 82.2 Å². The first-order valence-corrected chi connectivity index (χ1v) is 19.8. The lowest BCUT2D eigenvalue weighted by Gasteiger charge is -2.23. The number of aromatic nitrogens is 4. The predicted octanol–water partition coefficient (Wildman–Crippen LogP) is -1.40. The number of carbonyl (C=O) groups excluding carboxylic acids is 6. The van der Waals surface area contributed by atoms with E-state index in [0.717, 1.165) is 0 Å². The number of amides is 3. The molecule has 3 aromatic rings. The Kier molecular flexibility index (Phi) is 19.4. The van der Waals surface area contributed by atoms with E-state index < -0.39 is 121 Å². The average molecular weight is 895 g/mol. The number of benzene rings is 1. The number of carboxylic acids is 3. The van der Waals surface area contributed by atoms with E-state index in [4.69, 9.17) is 17.2 Å². The molecular weight excluding hydrogens is 844 g/mol. The number of anilines is 2. The van der Waals surface area contributed by atoms with E-state index in [2.05, 4.69) is 46.2 Å². The smallest absolute Gasteiger partial charge is 0.326 e. The fourth-order valence-electron chi connectivity index (χ4n) is 6.13. The van der Waals surface area contributed by atoms with Gasteiger partial charge in [-0.25, -0.2) is 14.8 Å². The SMILES string of the molecule is CC[C@@H](C=O)NC(=O)[C@H](CC(=O)O)CC(=O)[C@H](CCCN=C(N)N)NC(=O)[C@H](CC(=O)O)CC(=O)CC[C@H](NC(=O)c1ccc(NCc2cnc3nc(N)[nH]c(=O)c3n2)cc1)C(=O)O. The van der Waals surface area contributed by atoms with Crippen molar-refractivity contribution in [2.45, 2.75) is 89.4 Å². The lowest BCUT2D eigenvalue weighted by molar-refractivity contribution is -0.143. The third kappa shape index (κ3) is 16.5. The highest BCUT2D eigenvalue weighted by Gasteiger charge is 2.33. The minimum Gasteiger partial charge on any atom is -0.481 e. The first kappa shape index (κ1) is 50.5. The number of nitrogens with two attached hydrogens (primary N) is 3. The molecule has 25 heteroatoms. The number of aliphatic carboxylic acids is 3. The molecule has 3 rings (SSSR count). The Morgan fingerprint density at radius 2 is 1.48 bits per heavy atom. The van der Waals surface area contributed by atoms with Crippen molar-refractivity contribution in [3.63, 3.8) is 0 Å². The summed E-state index contributed by atoms with van der Waals surface area (Å²) in [5.41, 5.74) is 16.7. The van der Waals surface area contributed by atoms with Crippen LogP contribution < -0.4 is 44.0 Å². The largest absolute Gasteiger partial charge is 0.481 e. The highest BCUT2D eigenvalue weighted by Crippen LogP contribution is 2.18. The van der Waals surface area contributed by atoms with Crippen LogP contribution in [0.15, 0.2) is 40.2 Å². The van der Waals surface area contributed by atoms with Gasteiger partial charge in [-0.3, -0.25) is 48.3 Å². The maximum Gasteiger partial charge on any atom is 0.326 e. The standard InChI is InChI=1S/C39H50N12O13/c1-2-22(18-52)47-34(60)21(15-30(57)58)13-28(54)26(4-3-11-43-38(40)41)48-35(61)20(14-29(55)56)12-25(53)9-10-27(37(63)64)49-33(59)19-5-7-23(8-6-19)44-16-24-17-45-32-31(46-24)36(62)51-39(42)50-32/h5-8,17-18,20-22,26-27,44H,2-4,9-16H2,1H3,(H,47,60)(H,48,61)(H,49,59)(H,55,56)(H,57,58)(H,63,64)(H4,40,41,43)(H3,42,45,50,51,62)/t20-,21-,22-,26-,27-/m0/s1. The molecule has 0 aliphatic carbocycles. The summed E-state index contributed by atoms with van der Waals surface area (Å²) in [5.74, 6) is -12.1. The van der Waals surface area contributed by atoms with Gasteiger partial charge >= 0.3 is 17.9 Å². The molecule has 2 aromatic heterocycles. The normalized spacial score (nSPS) is 13.2. The number of fused-ring (bicyclic) bond motifs is 1. The van der Waals surface area contributed by atoms with Crippen LogP contribution in [-0.2, 0) is 44.9 Å². The fourth-order valence-corrected chi connectivity index (χ4v) is 6.13. The van der Waals surface area contributed by atoms with Gasteiger partial charge in [-0.1, -0.05) is 6.92 Å². The van der Waals surface area contributed by atoms with Crippen LogP contribution in [0, 0.1) is 11.8 Å². The molecule has 0 aliphatic heterocycles. The summed E-state index contributed by atoms with van der Waals surface area (Å²) in [6.07, 6.45) is -2.09. The summed E-state index contributed by atoms with van der Waals surface area (Å²) in [5, 5.41) is 38.9. The molecule has 0 saturated heterocycles. The molecule has 2 heterocycles. The summed E-state index contributed by atoms with van der Waals surface area (Å²) in [6.45, 7) is 1.71. The quantitative estimate of drug-likeness (QED) is 0.0173. The second-order valence-electron chi connectivity index (χ2n) is 14.5. The molecule has 0 spiro atoms. The molecule has 3 amide bonds. The summed E-state index contributed by atoms with van der Waals surface area (Å²) < 4.78 is 0. The van der Waals surface area contributed by atoms with Crippen LogP contribution in [0.25, 0.3) is 11.2 Å². The van der Waals surface area contributed by atoms with Gasteiger partial charge in [0.25, 0.3) is 11.5 Å². The van der Waals surface area contributed by atoms with Gasteiger partial charge in [-0.15, -0.1) is 0 Å². The number of aliphatic imine (C=N–C) groups is 1. The maximum absolute atomic E-state index is 13.5. The molecule has 0 fully saturated rings. The van der Waals surface area contributed by atoms with Gasteiger partial charge in [-0.05, 0) is 49.9 Å². The number of carbonyl (C=O) groups is 9. The summed E-state index contributed by atoms with van der Waals surface area (Å²) in [4.78, 5) is 143. The minimum atomic E-state index is -1.58. The minimum absolute atomic E-state index is 0.0114. The first-order chi connectivity index (χ1) is 30.3. The number of hydrogen-bond donors (Lipinski definition) is 11. The molecule has 0 unspecified atom stereocenters. The first-order valence-electron chi connectivity index (χ1n) is 19.8. The zero-order chi connectivity index (χ0) is 47.5. The number of nitrogens with one attached hydrogen (secondary N) is 5. The molecule has 0 radical (unpaired) electrons. The Labute approximate surface area is 363 Å². The highest BCUT2D eigenvalue weighted by atomic mass is 16.4. The number of hydrogen-bond acceptors (Lipinski definition) is 16. The molecule has 344 valence electrons. The van der Waals surface area contributed by atoms with Crippen LogP contribution in [0.5, 0.6) is 0 Å². The van der Waals surface area contributed by atoms with E-state index in [1.54, 1.807) is 6.92 Å². The van der Waals surface area contributed by atoms with Gasteiger partial charge in [-0.2, -0.15) is 4.98 Å². The third-order valence-electron chi connectivity index (χ3n) is 9.51. The van der Waals surface area contributed by atoms with Crippen molar-refractivity contribution in [3.8, 4) is 0 Å². The number of H-pyrrole nitrogens is 1. The Hall–Kier alpha value is -7.86. The van der Waals surface area contributed by atoms with E-state index in [-0.39, 0.29) is 61.0 Å². The number of nitrogens with zero attached hydrogens (tertiary/aromatic N) is 4. The number of rotatable bonds is 28. The van der Waals surface area contributed by atoms with Crippen molar-refractivity contribution in [2.75, 3.05) is 17.6 Å². The summed E-state index contributed by atoms with van der Waals surface area (Å²) in [6, 6.07) is 1.89. The monoisotopic (exact) mass is 894 g/mol. The summed E-state index contributed by atoms with van der Waals surface area (Å²) in [7, 11) is 0. The van der Waals surface area contributed by atoms with Gasteiger partial charge in [0.05, 0.1) is 55.2 Å².